The summed E-state index contributed by atoms with van der Waals surface area (Å²) in [6.07, 6.45) is 3.08. The van der Waals surface area contributed by atoms with Crippen LogP contribution in [-0.2, 0) is 4.79 Å². The number of hydrogen-bond donors (Lipinski definition) is 3. The fourth-order valence-corrected chi connectivity index (χ4v) is 3.18. The Kier molecular flexibility index (Phi) is 6.19. The van der Waals surface area contributed by atoms with Gasteiger partial charge in [0.15, 0.2) is 0 Å². The molecule has 3 N–H and O–H groups in total. The molecule has 1 aliphatic rings. The highest BCUT2D eigenvalue weighted by Crippen LogP contribution is 2.27. The zero-order valence-electron chi connectivity index (χ0n) is 14.5. The monoisotopic (exact) mass is 374 g/mol. The third kappa shape index (κ3) is 4.80. The summed E-state index contributed by atoms with van der Waals surface area (Å²) in [5.74, 6) is 0.336. The van der Waals surface area contributed by atoms with Crippen LogP contribution in [0.4, 0.5) is 11.4 Å². The molecular weight excluding hydrogens is 352 g/mol. The Morgan fingerprint density at radius 3 is 2.54 bits per heavy atom. The van der Waals surface area contributed by atoms with Crippen molar-refractivity contribution in [2.24, 2.45) is 5.92 Å². The van der Waals surface area contributed by atoms with E-state index in [1.54, 1.807) is 6.20 Å². The molecule has 0 atom stereocenters. The molecule has 8 heteroatoms. The number of nitrogens with zero attached hydrogens (tertiary/aromatic N) is 2. The maximum atomic E-state index is 11.0. The lowest BCUT2D eigenvalue weighted by molar-refractivity contribution is -0.142. The molecule has 138 valence electrons. The van der Waals surface area contributed by atoms with Gasteiger partial charge in [0.25, 0.3) is 0 Å². The summed E-state index contributed by atoms with van der Waals surface area (Å²) in [6.45, 7) is 1.52. The van der Waals surface area contributed by atoms with Crippen LogP contribution in [0.2, 0.25) is 0 Å². The Balaban J connectivity index is 1.55. The van der Waals surface area contributed by atoms with Gasteiger partial charge >= 0.3 is 5.97 Å². The van der Waals surface area contributed by atoms with Crippen molar-refractivity contribution >= 4 is 29.5 Å². The van der Waals surface area contributed by atoms with E-state index < -0.39 is 5.97 Å². The number of carboxylic acids is 1. The van der Waals surface area contributed by atoms with Crippen molar-refractivity contribution in [1.29, 1.82) is 0 Å². The van der Waals surface area contributed by atoms with Gasteiger partial charge in [0.1, 0.15) is 5.75 Å². The van der Waals surface area contributed by atoms with Gasteiger partial charge in [-0.15, -0.1) is 0 Å². The number of hydrogen-bond acceptors (Lipinski definition) is 7. The van der Waals surface area contributed by atoms with Crippen LogP contribution in [0.15, 0.2) is 42.6 Å². The number of carboxylic acid groups (broad SMARTS) is 1. The van der Waals surface area contributed by atoms with E-state index in [9.17, 15) is 4.79 Å². The Hall–Kier alpha value is -2.45. The number of anilines is 2. The highest BCUT2D eigenvalue weighted by molar-refractivity contribution is 7.98. The first-order valence-electron chi connectivity index (χ1n) is 8.46. The predicted molar refractivity (Wildman–Crippen MR) is 104 cm³/mol. The van der Waals surface area contributed by atoms with Gasteiger partial charge in [0.2, 0.25) is 5.88 Å². The molecule has 2 heterocycles. The lowest BCUT2D eigenvalue weighted by atomic mass is 9.97. The summed E-state index contributed by atoms with van der Waals surface area (Å²) in [5.41, 5.74) is 1.97. The van der Waals surface area contributed by atoms with Crippen molar-refractivity contribution in [1.82, 2.24) is 9.71 Å². The average molecular weight is 374 g/mol. The van der Waals surface area contributed by atoms with Gasteiger partial charge < -0.3 is 19.5 Å². The van der Waals surface area contributed by atoms with Crippen molar-refractivity contribution in [3.05, 3.63) is 42.6 Å². The molecule has 0 saturated carbocycles. The van der Waals surface area contributed by atoms with E-state index in [1.807, 2.05) is 43.4 Å². The van der Waals surface area contributed by atoms with E-state index in [0.29, 0.717) is 24.5 Å². The maximum Gasteiger partial charge on any atom is 0.306 e. The van der Waals surface area contributed by atoms with Gasteiger partial charge in [-0.3, -0.25) is 4.79 Å². The number of pyridine rings is 1. The largest absolute Gasteiger partial charge is 0.481 e. The second kappa shape index (κ2) is 8.77. The Morgan fingerprint density at radius 1 is 1.23 bits per heavy atom. The molecule has 1 aliphatic heterocycles. The van der Waals surface area contributed by atoms with Crippen LogP contribution in [0.1, 0.15) is 12.8 Å². The van der Waals surface area contributed by atoms with Gasteiger partial charge in [0.05, 0.1) is 17.8 Å². The molecule has 0 radical (unpaired) electrons. The van der Waals surface area contributed by atoms with Crippen molar-refractivity contribution in [2.75, 3.05) is 29.8 Å². The van der Waals surface area contributed by atoms with E-state index in [0.717, 1.165) is 24.5 Å². The van der Waals surface area contributed by atoms with Crippen molar-refractivity contribution in [3.8, 4) is 11.6 Å². The van der Waals surface area contributed by atoms with Gasteiger partial charge in [-0.1, -0.05) is 0 Å². The number of nitrogens with one attached hydrogen (secondary N) is 2. The molecule has 1 fully saturated rings. The smallest absolute Gasteiger partial charge is 0.306 e. The topological polar surface area (TPSA) is 86.7 Å². The molecule has 0 spiro atoms. The van der Waals surface area contributed by atoms with Crippen LogP contribution < -0.4 is 19.1 Å². The van der Waals surface area contributed by atoms with E-state index in [1.165, 1.54) is 12.1 Å². The fourth-order valence-electron chi connectivity index (χ4n) is 2.84. The number of rotatable bonds is 7. The molecule has 1 aromatic carbocycles. The molecule has 26 heavy (non-hydrogen) atoms. The SMILES string of the molecule is CNSNc1ccc(Oc2ccc(N3CCC(C(=O)O)CC3)cc2)nc1. The summed E-state index contributed by atoms with van der Waals surface area (Å²) >= 11 is 1.37. The lowest BCUT2D eigenvalue weighted by Gasteiger charge is -2.32. The van der Waals surface area contributed by atoms with Crippen molar-refractivity contribution in [3.63, 3.8) is 0 Å². The number of benzene rings is 1. The van der Waals surface area contributed by atoms with Crippen molar-refractivity contribution < 1.29 is 14.6 Å². The van der Waals surface area contributed by atoms with Crippen LogP contribution in [-0.4, -0.2) is 36.2 Å². The Bertz CT molecular complexity index is 716. The summed E-state index contributed by atoms with van der Waals surface area (Å²) in [4.78, 5) is 17.5. The van der Waals surface area contributed by atoms with E-state index in [-0.39, 0.29) is 5.92 Å². The first-order valence-corrected chi connectivity index (χ1v) is 9.27. The summed E-state index contributed by atoms with van der Waals surface area (Å²) in [6, 6.07) is 11.5. The molecule has 0 aliphatic carbocycles. The Morgan fingerprint density at radius 2 is 1.96 bits per heavy atom. The van der Waals surface area contributed by atoms with Crippen LogP contribution in [0.25, 0.3) is 0 Å². The number of carbonyl (C=O) groups is 1. The Labute approximate surface area is 157 Å². The highest BCUT2D eigenvalue weighted by atomic mass is 32.2. The first-order chi connectivity index (χ1) is 12.7. The number of piperidine rings is 1. The fraction of sp³-hybridized carbons (Fsp3) is 0.333. The van der Waals surface area contributed by atoms with E-state index in [2.05, 4.69) is 19.3 Å². The number of aliphatic carboxylic acids is 1. The van der Waals surface area contributed by atoms with E-state index >= 15 is 0 Å². The maximum absolute atomic E-state index is 11.0. The molecule has 1 saturated heterocycles. The van der Waals surface area contributed by atoms with Crippen LogP contribution >= 0.6 is 12.1 Å². The third-order valence-corrected chi connectivity index (χ3v) is 4.82. The van der Waals surface area contributed by atoms with Gasteiger partial charge in [-0.05, 0) is 50.2 Å². The quantitative estimate of drug-likeness (QED) is 0.636. The number of aromatic nitrogens is 1. The normalized spacial score (nSPS) is 14.9. The van der Waals surface area contributed by atoms with Gasteiger partial charge in [-0.25, -0.2) is 9.71 Å². The standard InChI is InChI=1S/C18H22N4O3S/c1-19-26-21-14-2-7-17(20-12-14)25-16-5-3-15(4-6-16)22-10-8-13(9-11-22)18(23)24/h2-7,12-13,19,21H,8-11H2,1H3,(H,23,24). The second-order valence-electron chi connectivity index (χ2n) is 5.99. The van der Waals surface area contributed by atoms with Crippen LogP contribution in [0.5, 0.6) is 11.6 Å². The number of ether oxygens (including phenoxy) is 1. The molecule has 0 bridgehead atoms. The average Bonchev–Trinajstić information content (AvgIpc) is 2.68. The van der Waals surface area contributed by atoms with Crippen LogP contribution in [0, 0.1) is 5.92 Å². The first kappa shape index (κ1) is 18.3. The predicted octanol–water partition coefficient (Wildman–Crippen LogP) is 3.37. The minimum absolute atomic E-state index is 0.219. The molecule has 7 nitrogen and oxygen atoms in total. The summed E-state index contributed by atoms with van der Waals surface area (Å²) in [5, 5.41) is 9.08. The lowest BCUT2D eigenvalue weighted by Crippen LogP contribution is -2.36. The van der Waals surface area contributed by atoms with Gasteiger partial charge in [-0.2, -0.15) is 0 Å². The van der Waals surface area contributed by atoms with E-state index in [4.69, 9.17) is 9.84 Å². The molecule has 0 unspecified atom stereocenters. The minimum atomic E-state index is -0.688. The highest BCUT2D eigenvalue weighted by Gasteiger charge is 2.24. The summed E-state index contributed by atoms with van der Waals surface area (Å²) in [7, 11) is 1.83. The third-order valence-electron chi connectivity index (χ3n) is 4.28. The zero-order chi connectivity index (χ0) is 18.4. The van der Waals surface area contributed by atoms with Gasteiger partial charge in [0, 0.05) is 37.0 Å². The second-order valence-corrected chi connectivity index (χ2v) is 6.81. The molecule has 3 rings (SSSR count). The molecule has 2 aromatic rings. The van der Waals surface area contributed by atoms with Crippen LogP contribution in [0.3, 0.4) is 0 Å². The minimum Gasteiger partial charge on any atom is -0.481 e. The molecular formula is C18H22N4O3S. The summed E-state index contributed by atoms with van der Waals surface area (Å²) < 4.78 is 11.8. The molecule has 0 amide bonds. The molecule has 1 aromatic heterocycles. The van der Waals surface area contributed by atoms with Crippen molar-refractivity contribution in [2.45, 2.75) is 12.8 Å². The zero-order valence-corrected chi connectivity index (χ0v) is 15.3.